The molecule has 1 heterocycles. The largest absolute Gasteiger partial charge is 0.494 e. The molecule has 0 fully saturated rings. The molecule has 11 heteroatoms. The Balaban J connectivity index is 1.50. The number of nitrogen functional groups attached to an aromatic ring is 1. The lowest BCUT2D eigenvalue weighted by atomic mass is 10.2. The number of hydrogen-bond donors (Lipinski definition) is 3. The van der Waals surface area contributed by atoms with Crippen molar-refractivity contribution in [3.05, 3.63) is 58.6 Å². The number of carbonyl (C=O) groups excluding carboxylic acids is 1. The molecule has 0 aliphatic heterocycles. The van der Waals surface area contributed by atoms with Crippen molar-refractivity contribution in [2.24, 2.45) is 5.10 Å². The Labute approximate surface area is 186 Å². The quantitative estimate of drug-likeness (QED) is 0.182. The van der Waals surface area contributed by atoms with Crippen LogP contribution >= 0.6 is 27.7 Å². The highest BCUT2D eigenvalue weighted by Gasteiger charge is 2.12. The Morgan fingerprint density at radius 1 is 1.30 bits per heavy atom. The third kappa shape index (κ3) is 6.22. The Kier molecular flexibility index (Phi) is 7.69. The van der Waals surface area contributed by atoms with Crippen LogP contribution in [-0.4, -0.2) is 39.4 Å². The number of ether oxygens (including phenoxy) is 1. The summed E-state index contributed by atoms with van der Waals surface area (Å²) < 4.78 is 7.53. The van der Waals surface area contributed by atoms with E-state index in [-0.39, 0.29) is 17.6 Å². The monoisotopic (exact) mass is 489 g/mol. The van der Waals surface area contributed by atoms with Gasteiger partial charge >= 0.3 is 0 Å². The van der Waals surface area contributed by atoms with Crippen LogP contribution in [0.25, 0.3) is 0 Å². The van der Waals surface area contributed by atoms with Gasteiger partial charge in [-0.2, -0.15) is 5.10 Å². The smallest absolute Gasteiger partial charge is 0.264 e. The number of nitrogens with zero attached hydrogens (tertiary/aromatic N) is 4. The molecule has 0 atom stereocenters. The number of nitrogens with one attached hydrogen (secondary N) is 2. The van der Waals surface area contributed by atoms with E-state index in [1.807, 2.05) is 55.5 Å². The van der Waals surface area contributed by atoms with Crippen LogP contribution in [0.15, 0.2) is 63.3 Å². The molecule has 0 spiro atoms. The third-order valence-electron chi connectivity index (χ3n) is 3.67. The molecule has 1 amide bonds. The van der Waals surface area contributed by atoms with E-state index < -0.39 is 0 Å². The second kappa shape index (κ2) is 10.6. The molecule has 156 valence electrons. The number of benzene rings is 2. The zero-order valence-electron chi connectivity index (χ0n) is 16.1. The Morgan fingerprint density at radius 2 is 2.10 bits per heavy atom. The number of amides is 1. The maximum Gasteiger partial charge on any atom is 0.264 e. The van der Waals surface area contributed by atoms with E-state index in [9.17, 15) is 4.79 Å². The van der Waals surface area contributed by atoms with Crippen LogP contribution in [0.4, 0.5) is 11.6 Å². The van der Waals surface area contributed by atoms with Crippen molar-refractivity contribution < 1.29 is 9.53 Å². The lowest BCUT2D eigenvalue weighted by Gasteiger charge is -2.05. The van der Waals surface area contributed by atoms with Crippen molar-refractivity contribution in [3.63, 3.8) is 0 Å². The Hall–Kier alpha value is -3.05. The first-order valence-corrected chi connectivity index (χ1v) is 10.7. The Bertz CT molecular complexity index is 1020. The van der Waals surface area contributed by atoms with Gasteiger partial charge in [-0.15, -0.1) is 10.2 Å². The highest BCUT2D eigenvalue weighted by molar-refractivity contribution is 9.10. The van der Waals surface area contributed by atoms with Crippen LogP contribution in [0.2, 0.25) is 0 Å². The molecule has 3 rings (SSSR count). The molecule has 4 N–H and O–H groups in total. The van der Waals surface area contributed by atoms with Gasteiger partial charge in [0.1, 0.15) is 5.75 Å². The number of anilines is 2. The van der Waals surface area contributed by atoms with Gasteiger partial charge in [0.25, 0.3) is 5.95 Å². The topological polar surface area (TPSA) is 119 Å². The Morgan fingerprint density at radius 3 is 2.83 bits per heavy atom. The standard InChI is InChI=1S/C19H20BrN7O2S/c1-2-29-16-8-6-13(7-9-16)11-22-24-18-25-26-19(27(18)21)30-12-17(28)23-15-5-3-4-14(20)10-15/h3-11H,2,12,21H2,1H3,(H,23,28)(H,24,25)/b22-11+. The van der Waals surface area contributed by atoms with Crippen LogP contribution in [0.1, 0.15) is 12.5 Å². The highest BCUT2D eigenvalue weighted by atomic mass is 79.9. The van der Waals surface area contributed by atoms with Gasteiger partial charge in [0.15, 0.2) is 0 Å². The normalized spacial score (nSPS) is 10.9. The van der Waals surface area contributed by atoms with Crippen LogP contribution < -0.4 is 21.3 Å². The summed E-state index contributed by atoms with van der Waals surface area (Å²) in [5, 5.41) is 15.2. The minimum absolute atomic E-state index is 0.136. The first-order chi connectivity index (χ1) is 14.5. The minimum atomic E-state index is -0.177. The fourth-order valence-electron chi connectivity index (χ4n) is 2.33. The predicted octanol–water partition coefficient (Wildman–Crippen LogP) is 3.33. The van der Waals surface area contributed by atoms with E-state index in [0.29, 0.717) is 17.5 Å². The number of hydrazone groups is 1. The number of nitrogens with two attached hydrogens (primary N) is 1. The van der Waals surface area contributed by atoms with Crippen LogP contribution in [-0.2, 0) is 4.79 Å². The van der Waals surface area contributed by atoms with Crippen molar-refractivity contribution in [1.29, 1.82) is 0 Å². The van der Waals surface area contributed by atoms with Gasteiger partial charge < -0.3 is 15.9 Å². The number of thioether (sulfide) groups is 1. The molecule has 0 saturated heterocycles. The third-order valence-corrected chi connectivity index (χ3v) is 5.11. The molecular formula is C19H20BrN7O2S. The molecule has 30 heavy (non-hydrogen) atoms. The molecule has 9 nitrogen and oxygen atoms in total. The molecule has 0 bridgehead atoms. The summed E-state index contributed by atoms with van der Waals surface area (Å²) in [6.07, 6.45) is 1.63. The van der Waals surface area contributed by atoms with Crippen molar-refractivity contribution in [3.8, 4) is 5.75 Å². The fraction of sp³-hybridized carbons (Fsp3) is 0.158. The highest BCUT2D eigenvalue weighted by Crippen LogP contribution is 2.19. The van der Waals surface area contributed by atoms with Gasteiger partial charge in [-0.25, -0.2) is 10.1 Å². The molecule has 2 aromatic carbocycles. The second-order valence-corrected chi connectivity index (χ2v) is 7.75. The predicted molar refractivity (Wildman–Crippen MR) is 122 cm³/mol. The minimum Gasteiger partial charge on any atom is -0.494 e. The van der Waals surface area contributed by atoms with Crippen LogP contribution in [0.5, 0.6) is 5.75 Å². The summed E-state index contributed by atoms with van der Waals surface area (Å²) in [4.78, 5) is 12.1. The van der Waals surface area contributed by atoms with E-state index in [0.717, 1.165) is 15.8 Å². The number of hydrogen-bond acceptors (Lipinski definition) is 8. The molecule has 0 saturated carbocycles. The number of halogens is 1. The lowest BCUT2D eigenvalue weighted by molar-refractivity contribution is -0.113. The van der Waals surface area contributed by atoms with Gasteiger partial charge in [-0.3, -0.25) is 4.79 Å². The molecule has 0 radical (unpaired) electrons. The summed E-state index contributed by atoms with van der Waals surface area (Å²) >= 11 is 4.54. The summed E-state index contributed by atoms with van der Waals surface area (Å²) in [6.45, 7) is 2.55. The van der Waals surface area contributed by atoms with E-state index in [4.69, 9.17) is 10.6 Å². The van der Waals surface area contributed by atoms with Gasteiger partial charge in [0, 0.05) is 10.2 Å². The summed E-state index contributed by atoms with van der Waals surface area (Å²) in [5.41, 5.74) is 4.32. The summed E-state index contributed by atoms with van der Waals surface area (Å²) in [5.74, 6) is 6.99. The molecule has 0 unspecified atom stereocenters. The van der Waals surface area contributed by atoms with Gasteiger partial charge in [-0.1, -0.05) is 33.8 Å². The fourth-order valence-corrected chi connectivity index (χ4v) is 3.38. The van der Waals surface area contributed by atoms with Crippen molar-refractivity contribution in [2.45, 2.75) is 12.1 Å². The summed E-state index contributed by atoms with van der Waals surface area (Å²) in [6, 6.07) is 14.8. The maximum absolute atomic E-state index is 12.1. The van der Waals surface area contributed by atoms with Gasteiger partial charge in [0.05, 0.1) is 18.6 Å². The maximum atomic E-state index is 12.1. The molecule has 3 aromatic rings. The van der Waals surface area contributed by atoms with Gasteiger partial charge in [0.2, 0.25) is 11.1 Å². The van der Waals surface area contributed by atoms with E-state index in [1.165, 1.54) is 16.4 Å². The van der Waals surface area contributed by atoms with Crippen LogP contribution in [0.3, 0.4) is 0 Å². The number of carbonyl (C=O) groups is 1. The number of aromatic nitrogens is 3. The SMILES string of the molecule is CCOc1ccc(/C=N/Nc2nnc(SCC(=O)Nc3cccc(Br)c3)n2N)cc1. The average molecular weight is 490 g/mol. The zero-order chi connectivity index (χ0) is 21.3. The van der Waals surface area contributed by atoms with Gasteiger partial charge in [-0.05, 0) is 55.0 Å². The average Bonchev–Trinajstić information content (AvgIpc) is 3.08. The van der Waals surface area contributed by atoms with E-state index in [1.54, 1.807) is 6.21 Å². The first kappa shape index (κ1) is 21.7. The molecular weight excluding hydrogens is 470 g/mol. The summed E-state index contributed by atoms with van der Waals surface area (Å²) in [7, 11) is 0. The molecule has 0 aliphatic rings. The van der Waals surface area contributed by atoms with Crippen molar-refractivity contribution >= 4 is 51.4 Å². The van der Waals surface area contributed by atoms with E-state index >= 15 is 0 Å². The van der Waals surface area contributed by atoms with Crippen molar-refractivity contribution in [2.75, 3.05) is 28.9 Å². The lowest BCUT2D eigenvalue weighted by Crippen LogP contribution is -2.16. The molecule has 1 aromatic heterocycles. The second-order valence-electron chi connectivity index (χ2n) is 5.90. The molecule has 0 aliphatic carbocycles. The zero-order valence-corrected chi connectivity index (χ0v) is 18.5. The first-order valence-electron chi connectivity index (χ1n) is 8.96. The van der Waals surface area contributed by atoms with E-state index in [2.05, 4.69) is 42.0 Å². The number of rotatable bonds is 9. The van der Waals surface area contributed by atoms with Crippen molar-refractivity contribution in [1.82, 2.24) is 14.9 Å². The van der Waals surface area contributed by atoms with Crippen LogP contribution in [0, 0.1) is 0 Å².